The van der Waals surface area contributed by atoms with E-state index in [1.54, 1.807) is 0 Å². The molecule has 0 aromatic heterocycles. The van der Waals surface area contributed by atoms with E-state index in [1.807, 2.05) is 0 Å². The summed E-state index contributed by atoms with van der Waals surface area (Å²) in [5.74, 6) is 1.75. The van der Waals surface area contributed by atoms with Gasteiger partial charge in [-0.1, -0.05) is 61.3 Å². The number of rotatable bonds is 6. The average Bonchev–Trinajstić information content (AvgIpc) is 3.12. The second kappa shape index (κ2) is 9.25. The molecule has 0 radical (unpaired) electrons. The van der Waals surface area contributed by atoms with Crippen LogP contribution < -0.4 is 0 Å². The van der Waals surface area contributed by atoms with E-state index in [0.29, 0.717) is 17.8 Å². The van der Waals surface area contributed by atoms with Crippen LogP contribution in [0.15, 0.2) is 0 Å². The van der Waals surface area contributed by atoms with Gasteiger partial charge in [0.25, 0.3) is 0 Å². The zero-order chi connectivity index (χ0) is 26.9. The molecule has 0 amide bonds. The van der Waals surface area contributed by atoms with Crippen LogP contribution in [-0.2, 0) is 9.53 Å². The molecule has 4 saturated carbocycles. The van der Waals surface area contributed by atoms with E-state index in [9.17, 15) is 15.0 Å². The summed E-state index contributed by atoms with van der Waals surface area (Å²) in [6.07, 6.45) is 9.92. The van der Waals surface area contributed by atoms with Crippen LogP contribution in [0.5, 0.6) is 0 Å². The molecule has 4 fully saturated rings. The fourth-order valence-electron chi connectivity index (χ4n) is 10.9. The van der Waals surface area contributed by atoms with Crippen molar-refractivity contribution in [2.75, 3.05) is 0 Å². The van der Waals surface area contributed by atoms with E-state index in [1.165, 1.54) is 6.92 Å². The molecule has 4 heteroatoms. The van der Waals surface area contributed by atoms with E-state index in [2.05, 4.69) is 55.4 Å². The first-order chi connectivity index (χ1) is 16.5. The number of fused-ring (bicyclic) bond motifs is 5. The van der Waals surface area contributed by atoms with Crippen LogP contribution in [0.2, 0.25) is 0 Å². The van der Waals surface area contributed by atoms with Gasteiger partial charge in [0.05, 0.1) is 11.7 Å². The Bertz CT molecular complexity index is 832. The topological polar surface area (TPSA) is 66.8 Å². The fraction of sp³-hybridized carbons (Fsp3) is 0.969. The van der Waals surface area contributed by atoms with E-state index in [0.717, 1.165) is 64.2 Å². The van der Waals surface area contributed by atoms with Gasteiger partial charge < -0.3 is 14.9 Å². The number of hydrogen-bond donors (Lipinski definition) is 2. The molecular formula is C32H56O4. The van der Waals surface area contributed by atoms with Crippen LogP contribution in [-0.4, -0.2) is 34.0 Å². The Morgan fingerprint density at radius 2 is 1.64 bits per heavy atom. The van der Waals surface area contributed by atoms with Gasteiger partial charge in [-0.3, -0.25) is 4.79 Å². The van der Waals surface area contributed by atoms with E-state index >= 15 is 0 Å². The maximum absolute atomic E-state index is 11.9. The van der Waals surface area contributed by atoms with Crippen LogP contribution in [0.4, 0.5) is 0 Å². The Kier molecular flexibility index (Phi) is 7.30. The van der Waals surface area contributed by atoms with Crippen LogP contribution in [0.3, 0.4) is 0 Å². The molecule has 0 aliphatic heterocycles. The van der Waals surface area contributed by atoms with Crippen molar-refractivity contribution < 1.29 is 19.7 Å². The first-order valence-electron chi connectivity index (χ1n) is 15.1. The lowest BCUT2D eigenvalue weighted by Crippen LogP contribution is -2.66. The van der Waals surface area contributed by atoms with Gasteiger partial charge in [-0.15, -0.1) is 0 Å². The van der Waals surface area contributed by atoms with Crippen LogP contribution in [0.25, 0.3) is 0 Å². The summed E-state index contributed by atoms with van der Waals surface area (Å²) in [6, 6.07) is 0. The zero-order valence-corrected chi connectivity index (χ0v) is 24.8. The second-order valence-electron chi connectivity index (χ2n) is 15.6. The molecule has 4 aliphatic rings. The third-order valence-corrected chi connectivity index (χ3v) is 12.9. The summed E-state index contributed by atoms with van der Waals surface area (Å²) in [7, 11) is 0. The third-order valence-electron chi connectivity index (χ3n) is 12.9. The first-order valence-corrected chi connectivity index (χ1v) is 15.1. The summed E-state index contributed by atoms with van der Waals surface area (Å²) in [4.78, 5) is 11.9. The van der Waals surface area contributed by atoms with Crippen molar-refractivity contribution in [2.45, 2.75) is 144 Å². The highest BCUT2D eigenvalue weighted by Crippen LogP contribution is 2.75. The van der Waals surface area contributed by atoms with Gasteiger partial charge in [-0.2, -0.15) is 0 Å². The molecule has 10 atom stereocenters. The lowest BCUT2D eigenvalue weighted by atomic mass is 9.35. The number of hydrogen-bond acceptors (Lipinski definition) is 4. The predicted molar refractivity (Wildman–Crippen MR) is 145 cm³/mol. The minimum atomic E-state index is -0.716. The summed E-state index contributed by atoms with van der Waals surface area (Å²) in [5.41, 5.74) is -0.476. The Morgan fingerprint density at radius 3 is 2.25 bits per heavy atom. The van der Waals surface area contributed by atoms with Crippen molar-refractivity contribution in [3.05, 3.63) is 0 Å². The van der Waals surface area contributed by atoms with Crippen molar-refractivity contribution in [3.63, 3.8) is 0 Å². The number of aliphatic hydroxyl groups excluding tert-OH is 1. The minimum absolute atomic E-state index is 0.0222. The van der Waals surface area contributed by atoms with Crippen LogP contribution in [0, 0.1) is 51.2 Å². The largest absolute Gasteiger partial charge is 0.462 e. The molecule has 0 bridgehead atoms. The van der Waals surface area contributed by atoms with Crippen molar-refractivity contribution in [1.29, 1.82) is 0 Å². The molecule has 4 rings (SSSR count). The molecule has 0 unspecified atom stereocenters. The number of aliphatic hydroxyl groups is 2. The Morgan fingerprint density at radius 1 is 1.00 bits per heavy atom. The smallest absolute Gasteiger partial charge is 0.302 e. The number of carbonyl (C=O) groups is 1. The summed E-state index contributed by atoms with van der Waals surface area (Å²) >= 11 is 0. The number of ether oxygens (including phenoxy) is 1. The standard InChI is InChI=1S/C32H56O4/c1-20(2)11-10-15-32(9,35)22-12-17-31(8)27(22)23(34)19-25-29(6)16-14-26(36-21(3)33)28(4,5)24(29)13-18-30(25,31)7/h20,22-27,34-35H,10-19H2,1-9H3/t22-,23+,24-,25+,26-,27-,29-,30+,31+,32-/m0/s1. The number of carbonyl (C=O) groups excluding carboxylic acids is 1. The van der Waals surface area contributed by atoms with E-state index < -0.39 is 5.60 Å². The maximum atomic E-state index is 11.9. The molecular weight excluding hydrogens is 448 g/mol. The maximum Gasteiger partial charge on any atom is 0.302 e. The Balaban J connectivity index is 1.63. The van der Waals surface area contributed by atoms with Crippen molar-refractivity contribution in [2.24, 2.45) is 51.2 Å². The summed E-state index contributed by atoms with van der Waals surface area (Å²) in [6.45, 7) is 20.2. The molecule has 2 N–H and O–H groups in total. The quantitative estimate of drug-likeness (QED) is 0.377. The Labute approximate surface area is 221 Å². The van der Waals surface area contributed by atoms with Crippen molar-refractivity contribution >= 4 is 5.97 Å². The monoisotopic (exact) mass is 504 g/mol. The van der Waals surface area contributed by atoms with Gasteiger partial charge in [0, 0.05) is 12.3 Å². The Hall–Kier alpha value is -0.610. The van der Waals surface area contributed by atoms with Crippen molar-refractivity contribution in [3.8, 4) is 0 Å². The summed E-state index contributed by atoms with van der Waals surface area (Å²) in [5, 5.41) is 23.6. The fourth-order valence-corrected chi connectivity index (χ4v) is 10.9. The second-order valence-corrected chi connectivity index (χ2v) is 15.6. The SMILES string of the molecule is CC(=O)O[C@H]1CC[C@]2(C)[C@H]3C[C@@H](O)[C@@H]4[C@@H]([C@@](C)(O)CCCC(C)C)CC[C@@]4(C)[C@]3(C)CC[C@H]2C1(C)C. The molecule has 0 saturated heterocycles. The molecule has 0 heterocycles. The van der Waals surface area contributed by atoms with Gasteiger partial charge in [0.1, 0.15) is 6.10 Å². The van der Waals surface area contributed by atoms with Crippen LogP contribution in [0.1, 0.15) is 127 Å². The molecule has 0 spiro atoms. The average molecular weight is 505 g/mol. The lowest BCUT2D eigenvalue weighted by molar-refractivity contribution is -0.249. The molecule has 0 aromatic rings. The zero-order valence-electron chi connectivity index (χ0n) is 24.8. The highest BCUT2D eigenvalue weighted by Gasteiger charge is 2.71. The molecule has 4 aliphatic carbocycles. The van der Waals surface area contributed by atoms with Crippen LogP contribution >= 0.6 is 0 Å². The number of esters is 1. The highest BCUT2D eigenvalue weighted by molar-refractivity contribution is 5.66. The normalized spacial score (nSPS) is 47.4. The van der Waals surface area contributed by atoms with Gasteiger partial charge in [0.15, 0.2) is 0 Å². The minimum Gasteiger partial charge on any atom is -0.462 e. The molecule has 208 valence electrons. The molecule has 0 aromatic carbocycles. The lowest BCUT2D eigenvalue weighted by Gasteiger charge is -2.70. The highest BCUT2D eigenvalue weighted by atomic mass is 16.5. The predicted octanol–water partition coefficient (Wildman–Crippen LogP) is 7.15. The van der Waals surface area contributed by atoms with E-state index in [-0.39, 0.29) is 51.7 Å². The van der Waals surface area contributed by atoms with E-state index in [4.69, 9.17) is 4.74 Å². The van der Waals surface area contributed by atoms with Gasteiger partial charge in [-0.25, -0.2) is 0 Å². The van der Waals surface area contributed by atoms with Crippen molar-refractivity contribution in [1.82, 2.24) is 0 Å². The molecule has 36 heavy (non-hydrogen) atoms. The van der Waals surface area contributed by atoms with Gasteiger partial charge >= 0.3 is 5.97 Å². The van der Waals surface area contributed by atoms with Gasteiger partial charge in [0.2, 0.25) is 0 Å². The first kappa shape index (κ1) is 28.4. The third kappa shape index (κ3) is 4.19. The summed E-state index contributed by atoms with van der Waals surface area (Å²) < 4.78 is 5.85. The van der Waals surface area contributed by atoms with Gasteiger partial charge in [-0.05, 0) is 104 Å². The molecule has 4 nitrogen and oxygen atoms in total.